The van der Waals surface area contributed by atoms with Crippen LogP contribution in [0.25, 0.3) is 0 Å². The van der Waals surface area contributed by atoms with Gasteiger partial charge in [-0.3, -0.25) is 0 Å². The normalized spacial score (nSPS) is 20.7. The molecule has 1 aliphatic heterocycles. The number of aromatic nitrogens is 2. The monoisotopic (exact) mass is 223 g/mol. The first-order valence-corrected chi connectivity index (χ1v) is 5.55. The number of hydrogen-bond donors (Lipinski definition) is 1. The zero-order valence-corrected chi connectivity index (χ0v) is 9.46. The zero-order chi connectivity index (χ0) is 11.4. The van der Waals surface area contributed by atoms with Crippen LogP contribution in [0.5, 0.6) is 5.75 Å². The van der Waals surface area contributed by atoms with Gasteiger partial charge in [0.2, 0.25) is 5.95 Å². The number of nitrogens with zero attached hydrogens (tertiary/aromatic N) is 3. The summed E-state index contributed by atoms with van der Waals surface area (Å²) in [6, 6.07) is 0. The summed E-state index contributed by atoms with van der Waals surface area (Å²) in [7, 11) is 1.96. The fourth-order valence-corrected chi connectivity index (χ4v) is 1.93. The van der Waals surface area contributed by atoms with Crippen molar-refractivity contribution in [2.24, 2.45) is 5.92 Å². The molecule has 0 aliphatic carbocycles. The Morgan fingerprint density at radius 1 is 1.50 bits per heavy atom. The molecule has 2 heterocycles. The van der Waals surface area contributed by atoms with Gasteiger partial charge >= 0.3 is 0 Å². The quantitative estimate of drug-likeness (QED) is 0.829. The van der Waals surface area contributed by atoms with Gasteiger partial charge in [-0.05, 0) is 18.8 Å². The maximum Gasteiger partial charge on any atom is 0.225 e. The first kappa shape index (κ1) is 11.1. The molecule has 5 heteroatoms. The third-order valence-electron chi connectivity index (χ3n) is 2.75. The summed E-state index contributed by atoms with van der Waals surface area (Å²) >= 11 is 0. The smallest absolute Gasteiger partial charge is 0.225 e. The predicted octanol–water partition coefficient (Wildman–Crippen LogP) is 1.04. The molecule has 1 aromatic heterocycles. The summed E-state index contributed by atoms with van der Waals surface area (Å²) in [6.07, 6.45) is 5.16. The van der Waals surface area contributed by atoms with Gasteiger partial charge in [-0.1, -0.05) is 0 Å². The predicted molar refractivity (Wildman–Crippen MR) is 60.5 cm³/mol. The van der Waals surface area contributed by atoms with Crippen LogP contribution in [0, 0.1) is 5.92 Å². The van der Waals surface area contributed by atoms with Gasteiger partial charge in [0.15, 0.2) is 5.75 Å². The first-order chi connectivity index (χ1) is 7.75. The van der Waals surface area contributed by atoms with Gasteiger partial charge in [0, 0.05) is 20.2 Å². The molecular weight excluding hydrogens is 206 g/mol. The fourth-order valence-electron chi connectivity index (χ4n) is 1.93. The topological polar surface area (TPSA) is 58.5 Å². The molecule has 0 bridgehead atoms. The molecule has 0 radical (unpaired) electrons. The van der Waals surface area contributed by atoms with Crippen LogP contribution < -0.4 is 4.90 Å². The highest BCUT2D eigenvalue weighted by molar-refractivity contribution is 5.29. The molecule has 16 heavy (non-hydrogen) atoms. The van der Waals surface area contributed by atoms with Crippen LogP contribution >= 0.6 is 0 Å². The average Bonchev–Trinajstić information content (AvgIpc) is 2.31. The van der Waals surface area contributed by atoms with Crippen LogP contribution in [0.2, 0.25) is 0 Å². The van der Waals surface area contributed by atoms with Crippen molar-refractivity contribution >= 4 is 5.95 Å². The Bertz CT molecular complexity index is 323. The Balaban J connectivity index is 1.91. The van der Waals surface area contributed by atoms with Gasteiger partial charge in [0.25, 0.3) is 0 Å². The van der Waals surface area contributed by atoms with E-state index in [1.807, 2.05) is 11.9 Å². The molecule has 1 unspecified atom stereocenters. The third-order valence-corrected chi connectivity index (χ3v) is 2.75. The molecule has 1 atom stereocenters. The van der Waals surface area contributed by atoms with E-state index in [1.54, 1.807) is 0 Å². The Labute approximate surface area is 95.1 Å². The lowest BCUT2D eigenvalue weighted by atomic mass is 10.0. The lowest BCUT2D eigenvalue weighted by Gasteiger charge is -2.26. The highest BCUT2D eigenvalue weighted by Gasteiger charge is 2.17. The minimum atomic E-state index is 0.0955. The second-order valence-corrected chi connectivity index (χ2v) is 4.20. The van der Waals surface area contributed by atoms with E-state index in [-0.39, 0.29) is 5.75 Å². The molecule has 1 aromatic rings. The van der Waals surface area contributed by atoms with E-state index in [2.05, 4.69) is 9.97 Å². The Hall–Kier alpha value is -1.36. The third kappa shape index (κ3) is 2.82. The summed E-state index contributed by atoms with van der Waals surface area (Å²) in [5.41, 5.74) is 0. The van der Waals surface area contributed by atoms with Crippen LogP contribution in [0.3, 0.4) is 0 Å². The van der Waals surface area contributed by atoms with E-state index in [9.17, 15) is 0 Å². The highest BCUT2D eigenvalue weighted by atomic mass is 16.5. The van der Waals surface area contributed by atoms with Gasteiger partial charge in [-0.25, -0.2) is 9.97 Å². The van der Waals surface area contributed by atoms with Gasteiger partial charge in [0.1, 0.15) is 0 Å². The van der Waals surface area contributed by atoms with E-state index >= 15 is 0 Å². The number of ether oxygens (including phenoxy) is 1. The first-order valence-electron chi connectivity index (χ1n) is 5.55. The van der Waals surface area contributed by atoms with Crippen molar-refractivity contribution in [2.45, 2.75) is 12.8 Å². The maximum atomic E-state index is 9.10. The Morgan fingerprint density at radius 2 is 2.25 bits per heavy atom. The van der Waals surface area contributed by atoms with Gasteiger partial charge in [-0.15, -0.1) is 0 Å². The Morgan fingerprint density at radius 3 is 2.88 bits per heavy atom. The standard InChI is InChI=1S/C11H17N3O2/c1-14(7-9-3-2-4-16-8-9)11-12-5-10(15)6-13-11/h5-6,9,15H,2-4,7-8H2,1H3. The minimum absolute atomic E-state index is 0.0955. The van der Waals surface area contributed by atoms with Crippen LogP contribution in [-0.4, -0.2) is 41.9 Å². The summed E-state index contributed by atoms with van der Waals surface area (Å²) < 4.78 is 5.43. The van der Waals surface area contributed by atoms with Gasteiger partial charge in [0.05, 0.1) is 19.0 Å². The number of hydrogen-bond acceptors (Lipinski definition) is 5. The molecule has 0 amide bonds. The molecule has 5 nitrogen and oxygen atoms in total. The molecule has 2 rings (SSSR count). The van der Waals surface area contributed by atoms with Crippen LogP contribution in [0.4, 0.5) is 5.95 Å². The number of anilines is 1. The molecule has 0 spiro atoms. The van der Waals surface area contributed by atoms with E-state index < -0.39 is 0 Å². The molecule has 0 saturated carbocycles. The molecule has 88 valence electrons. The van der Waals surface area contributed by atoms with Gasteiger partial charge < -0.3 is 14.7 Å². The SMILES string of the molecule is CN(CC1CCCOC1)c1ncc(O)cn1. The average molecular weight is 223 g/mol. The van der Waals surface area contributed by atoms with E-state index in [4.69, 9.17) is 9.84 Å². The molecule has 1 fully saturated rings. The summed E-state index contributed by atoms with van der Waals surface area (Å²) in [5, 5.41) is 9.10. The molecule has 1 saturated heterocycles. The molecule has 1 aliphatic rings. The number of rotatable bonds is 3. The van der Waals surface area contributed by atoms with Gasteiger partial charge in [-0.2, -0.15) is 0 Å². The van der Waals surface area contributed by atoms with Crippen LogP contribution in [-0.2, 0) is 4.74 Å². The van der Waals surface area contributed by atoms with Crippen molar-refractivity contribution in [2.75, 3.05) is 31.7 Å². The largest absolute Gasteiger partial charge is 0.505 e. The second-order valence-electron chi connectivity index (χ2n) is 4.20. The van der Waals surface area contributed by atoms with Crippen molar-refractivity contribution in [3.05, 3.63) is 12.4 Å². The van der Waals surface area contributed by atoms with Crippen LogP contribution in [0.15, 0.2) is 12.4 Å². The van der Waals surface area contributed by atoms with E-state index in [1.165, 1.54) is 18.8 Å². The molecule has 1 N–H and O–H groups in total. The molecule has 0 aromatic carbocycles. The van der Waals surface area contributed by atoms with E-state index in [0.29, 0.717) is 11.9 Å². The zero-order valence-electron chi connectivity index (χ0n) is 9.46. The second kappa shape index (κ2) is 5.12. The van der Waals surface area contributed by atoms with E-state index in [0.717, 1.165) is 26.2 Å². The lowest BCUT2D eigenvalue weighted by Crippen LogP contribution is -2.31. The van der Waals surface area contributed by atoms with Crippen molar-refractivity contribution in [1.82, 2.24) is 9.97 Å². The summed E-state index contributed by atoms with van der Waals surface area (Å²) in [5.74, 6) is 1.29. The summed E-state index contributed by atoms with van der Waals surface area (Å²) in [6.45, 7) is 2.60. The minimum Gasteiger partial charge on any atom is -0.505 e. The van der Waals surface area contributed by atoms with Crippen molar-refractivity contribution in [3.63, 3.8) is 0 Å². The highest BCUT2D eigenvalue weighted by Crippen LogP contribution is 2.17. The maximum absolute atomic E-state index is 9.10. The van der Waals surface area contributed by atoms with Crippen molar-refractivity contribution in [3.8, 4) is 5.75 Å². The molecular formula is C11H17N3O2. The van der Waals surface area contributed by atoms with Crippen molar-refractivity contribution in [1.29, 1.82) is 0 Å². The fraction of sp³-hybridized carbons (Fsp3) is 0.636. The lowest BCUT2D eigenvalue weighted by molar-refractivity contribution is 0.0575. The van der Waals surface area contributed by atoms with Crippen LogP contribution in [0.1, 0.15) is 12.8 Å². The van der Waals surface area contributed by atoms with Crippen molar-refractivity contribution < 1.29 is 9.84 Å². The summed E-state index contributed by atoms with van der Waals surface area (Å²) in [4.78, 5) is 10.1. The Kier molecular flexibility index (Phi) is 3.56. The number of aromatic hydroxyl groups is 1.